The van der Waals surface area contributed by atoms with E-state index in [1.54, 1.807) is 11.8 Å². The summed E-state index contributed by atoms with van der Waals surface area (Å²) < 4.78 is 5.73. The van der Waals surface area contributed by atoms with E-state index < -0.39 is 6.04 Å². The summed E-state index contributed by atoms with van der Waals surface area (Å²) in [5.41, 5.74) is 2.19. The molecule has 1 N–H and O–H groups in total. The standard InChI is InChI=1S/C25H34N2O3/c1-6-19(4)26-25(29)20(5)27(16-21-10-8-7-9-11-21)24(28)17-30-23-14-12-22(13-15-23)18(2)3/h7-15,18-20H,6,16-17H2,1-5H3,(H,26,29)/t19-,20+/m1/s1. The number of rotatable bonds is 10. The number of carbonyl (C=O) groups excluding carboxylic acids is 2. The first-order chi connectivity index (χ1) is 14.3. The summed E-state index contributed by atoms with van der Waals surface area (Å²) in [5.74, 6) is 0.699. The highest BCUT2D eigenvalue weighted by atomic mass is 16.5. The van der Waals surface area contributed by atoms with Crippen LogP contribution in [0.3, 0.4) is 0 Å². The number of nitrogens with one attached hydrogen (secondary N) is 1. The summed E-state index contributed by atoms with van der Waals surface area (Å²) in [4.78, 5) is 27.3. The van der Waals surface area contributed by atoms with E-state index in [0.29, 0.717) is 18.2 Å². The molecule has 0 aliphatic carbocycles. The summed E-state index contributed by atoms with van der Waals surface area (Å²) in [7, 11) is 0. The predicted molar refractivity (Wildman–Crippen MR) is 120 cm³/mol. The van der Waals surface area contributed by atoms with Gasteiger partial charge in [-0.25, -0.2) is 0 Å². The fourth-order valence-corrected chi connectivity index (χ4v) is 3.01. The van der Waals surface area contributed by atoms with E-state index in [4.69, 9.17) is 4.74 Å². The van der Waals surface area contributed by atoms with Crippen LogP contribution in [-0.4, -0.2) is 35.4 Å². The minimum Gasteiger partial charge on any atom is -0.484 e. The molecule has 0 aliphatic rings. The van der Waals surface area contributed by atoms with E-state index >= 15 is 0 Å². The van der Waals surface area contributed by atoms with Crippen LogP contribution in [0, 0.1) is 0 Å². The molecule has 0 radical (unpaired) electrons. The zero-order chi connectivity index (χ0) is 22.1. The van der Waals surface area contributed by atoms with E-state index in [-0.39, 0.29) is 24.5 Å². The molecule has 2 amide bonds. The molecule has 5 nitrogen and oxygen atoms in total. The van der Waals surface area contributed by atoms with Crippen LogP contribution >= 0.6 is 0 Å². The Hall–Kier alpha value is -2.82. The van der Waals surface area contributed by atoms with Gasteiger partial charge in [0.15, 0.2) is 6.61 Å². The van der Waals surface area contributed by atoms with Crippen molar-refractivity contribution in [3.05, 3.63) is 65.7 Å². The smallest absolute Gasteiger partial charge is 0.261 e. The third-order valence-corrected chi connectivity index (χ3v) is 5.27. The zero-order valence-corrected chi connectivity index (χ0v) is 18.7. The van der Waals surface area contributed by atoms with Crippen molar-refractivity contribution in [2.45, 2.75) is 65.6 Å². The van der Waals surface area contributed by atoms with Gasteiger partial charge in [-0.1, -0.05) is 63.2 Å². The fourth-order valence-electron chi connectivity index (χ4n) is 3.01. The van der Waals surface area contributed by atoms with Crippen LogP contribution in [0.4, 0.5) is 0 Å². The lowest BCUT2D eigenvalue weighted by Gasteiger charge is -2.29. The first-order valence-corrected chi connectivity index (χ1v) is 10.7. The first-order valence-electron chi connectivity index (χ1n) is 10.7. The average molecular weight is 411 g/mol. The van der Waals surface area contributed by atoms with Gasteiger partial charge >= 0.3 is 0 Å². The van der Waals surface area contributed by atoms with Gasteiger partial charge in [0, 0.05) is 12.6 Å². The number of hydrogen-bond acceptors (Lipinski definition) is 3. The molecule has 0 aromatic heterocycles. The SMILES string of the molecule is CC[C@@H](C)NC(=O)[C@H](C)N(Cc1ccccc1)C(=O)COc1ccc(C(C)C)cc1. The molecule has 0 saturated heterocycles. The first kappa shape index (κ1) is 23.5. The third kappa shape index (κ3) is 6.90. The van der Waals surface area contributed by atoms with Crippen LogP contribution in [0.1, 0.15) is 58.1 Å². The lowest BCUT2D eigenvalue weighted by Crippen LogP contribution is -2.50. The summed E-state index contributed by atoms with van der Waals surface area (Å²) in [6.07, 6.45) is 0.834. The normalized spacial score (nSPS) is 12.9. The Kier molecular flexibility index (Phi) is 8.90. The zero-order valence-electron chi connectivity index (χ0n) is 18.7. The van der Waals surface area contributed by atoms with Crippen LogP contribution in [0.15, 0.2) is 54.6 Å². The van der Waals surface area contributed by atoms with Crippen molar-refractivity contribution in [1.82, 2.24) is 10.2 Å². The second kappa shape index (κ2) is 11.4. The van der Waals surface area contributed by atoms with Crippen LogP contribution < -0.4 is 10.1 Å². The quantitative estimate of drug-likeness (QED) is 0.626. The summed E-state index contributed by atoms with van der Waals surface area (Å²) in [6.45, 7) is 10.2. The van der Waals surface area contributed by atoms with Crippen molar-refractivity contribution in [3.8, 4) is 5.75 Å². The largest absolute Gasteiger partial charge is 0.484 e. The maximum Gasteiger partial charge on any atom is 0.261 e. The Bertz CT molecular complexity index is 803. The second-order valence-corrected chi connectivity index (χ2v) is 8.01. The van der Waals surface area contributed by atoms with Crippen LogP contribution in [0.5, 0.6) is 5.75 Å². The van der Waals surface area contributed by atoms with Crippen molar-refractivity contribution in [1.29, 1.82) is 0 Å². The molecule has 5 heteroatoms. The Labute approximate surface area is 180 Å². The van der Waals surface area contributed by atoms with Crippen LogP contribution in [-0.2, 0) is 16.1 Å². The molecular formula is C25H34N2O3. The molecule has 2 rings (SSSR count). The molecule has 30 heavy (non-hydrogen) atoms. The summed E-state index contributed by atoms with van der Waals surface area (Å²) in [6, 6.07) is 16.9. The Morgan fingerprint density at radius 1 is 0.967 bits per heavy atom. The topological polar surface area (TPSA) is 58.6 Å². The van der Waals surface area contributed by atoms with Gasteiger partial charge < -0.3 is 15.0 Å². The van der Waals surface area contributed by atoms with E-state index in [0.717, 1.165) is 12.0 Å². The molecule has 162 valence electrons. The average Bonchev–Trinajstić information content (AvgIpc) is 2.76. The van der Waals surface area contributed by atoms with Gasteiger partial charge in [0.1, 0.15) is 11.8 Å². The molecule has 0 fully saturated rings. The third-order valence-electron chi connectivity index (χ3n) is 5.27. The predicted octanol–water partition coefficient (Wildman–Crippen LogP) is 4.52. The Balaban J connectivity index is 2.09. The molecule has 0 bridgehead atoms. The van der Waals surface area contributed by atoms with Crippen LogP contribution in [0.2, 0.25) is 0 Å². The number of nitrogens with zero attached hydrogens (tertiary/aromatic N) is 1. The number of benzene rings is 2. The van der Waals surface area contributed by atoms with Crippen LogP contribution in [0.25, 0.3) is 0 Å². The molecule has 0 heterocycles. The minimum atomic E-state index is -0.598. The summed E-state index contributed by atoms with van der Waals surface area (Å²) in [5, 5.41) is 2.97. The van der Waals surface area contributed by atoms with E-state index in [1.165, 1.54) is 5.56 Å². The maximum absolute atomic E-state index is 13.0. The fraction of sp³-hybridized carbons (Fsp3) is 0.440. The van der Waals surface area contributed by atoms with E-state index in [9.17, 15) is 9.59 Å². The van der Waals surface area contributed by atoms with Gasteiger partial charge in [-0.2, -0.15) is 0 Å². The lowest BCUT2D eigenvalue weighted by molar-refractivity contribution is -0.142. The highest BCUT2D eigenvalue weighted by Crippen LogP contribution is 2.19. The van der Waals surface area contributed by atoms with Gasteiger partial charge in [0.2, 0.25) is 5.91 Å². The molecule has 2 atom stereocenters. The molecule has 0 saturated carbocycles. The Morgan fingerprint density at radius 2 is 1.60 bits per heavy atom. The van der Waals surface area contributed by atoms with Gasteiger partial charge in [0.25, 0.3) is 5.91 Å². The van der Waals surface area contributed by atoms with Crippen molar-refractivity contribution < 1.29 is 14.3 Å². The van der Waals surface area contributed by atoms with Crippen molar-refractivity contribution in [3.63, 3.8) is 0 Å². The molecular weight excluding hydrogens is 376 g/mol. The van der Waals surface area contributed by atoms with Gasteiger partial charge in [-0.15, -0.1) is 0 Å². The minimum absolute atomic E-state index is 0.0596. The van der Waals surface area contributed by atoms with Crippen molar-refractivity contribution >= 4 is 11.8 Å². The molecule has 2 aromatic carbocycles. The number of hydrogen-bond donors (Lipinski definition) is 1. The van der Waals surface area contributed by atoms with Gasteiger partial charge in [0.05, 0.1) is 0 Å². The molecule has 0 spiro atoms. The number of carbonyl (C=O) groups is 2. The molecule has 2 aromatic rings. The lowest BCUT2D eigenvalue weighted by atomic mass is 10.0. The maximum atomic E-state index is 13.0. The number of ether oxygens (including phenoxy) is 1. The molecule has 0 unspecified atom stereocenters. The van der Waals surface area contributed by atoms with Gasteiger partial charge in [-0.05, 0) is 49.4 Å². The monoisotopic (exact) mass is 410 g/mol. The van der Waals surface area contributed by atoms with Gasteiger partial charge in [-0.3, -0.25) is 9.59 Å². The van der Waals surface area contributed by atoms with Crippen molar-refractivity contribution in [2.24, 2.45) is 0 Å². The van der Waals surface area contributed by atoms with E-state index in [1.807, 2.05) is 68.4 Å². The Morgan fingerprint density at radius 3 is 2.17 bits per heavy atom. The second-order valence-electron chi connectivity index (χ2n) is 8.01. The number of amides is 2. The van der Waals surface area contributed by atoms with Crippen molar-refractivity contribution in [2.75, 3.05) is 6.61 Å². The van der Waals surface area contributed by atoms with E-state index in [2.05, 4.69) is 19.2 Å². The highest BCUT2D eigenvalue weighted by Gasteiger charge is 2.27. The summed E-state index contributed by atoms with van der Waals surface area (Å²) >= 11 is 0. The molecule has 0 aliphatic heterocycles. The highest BCUT2D eigenvalue weighted by molar-refractivity contribution is 5.88.